The molecule has 1 aromatic carbocycles. The zero-order valence-corrected chi connectivity index (χ0v) is 10.6. The lowest BCUT2D eigenvalue weighted by molar-refractivity contribution is 0.103. The van der Waals surface area contributed by atoms with Gasteiger partial charge >= 0.3 is 0 Å². The van der Waals surface area contributed by atoms with Crippen molar-refractivity contribution in [3.63, 3.8) is 0 Å². The molecule has 4 heteroatoms. The summed E-state index contributed by atoms with van der Waals surface area (Å²) in [5, 5.41) is 3.55. The first-order valence-corrected chi connectivity index (χ1v) is 6.12. The Bertz CT molecular complexity index is 560. The average molecular weight is 246 g/mol. The number of benzene rings is 1. The van der Waals surface area contributed by atoms with E-state index in [2.05, 4.69) is 5.32 Å². The number of aryl methyl sites for hydroxylation is 2. The normalized spacial score (nSPS) is 10.2. The first-order chi connectivity index (χ1) is 8.06. The summed E-state index contributed by atoms with van der Waals surface area (Å²) in [7, 11) is 0. The molecule has 0 saturated carbocycles. The molecule has 0 spiro atoms. The second kappa shape index (κ2) is 4.59. The molecule has 1 amide bonds. The largest absolute Gasteiger partial charge is 0.391 e. The summed E-state index contributed by atoms with van der Waals surface area (Å²) in [6.07, 6.45) is 0. The predicted molar refractivity (Wildman–Crippen MR) is 72.6 cm³/mol. The predicted octanol–water partition coefficient (Wildman–Crippen LogP) is 3.20. The number of rotatable bonds is 2. The maximum atomic E-state index is 11.9. The van der Waals surface area contributed by atoms with Crippen LogP contribution in [-0.2, 0) is 0 Å². The van der Waals surface area contributed by atoms with Crippen molar-refractivity contribution in [1.29, 1.82) is 0 Å². The van der Waals surface area contributed by atoms with Crippen molar-refractivity contribution < 1.29 is 4.79 Å². The number of amides is 1. The summed E-state index contributed by atoms with van der Waals surface area (Å²) in [4.78, 5) is 12.6. The molecule has 1 heterocycles. The minimum atomic E-state index is -0.111. The van der Waals surface area contributed by atoms with Crippen LogP contribution in [0.25, 0.3) is 0 Å². The second-order valence-corrected chi connectivity index (χ2v) is 5.09. The summed E-state index contributed by atoms with van der Waals surface area (Å²) >= 11 is 1.29. The maximum absolute atomic E-state index is 11.9. The van der Waals surface area contributed by atoms with Gasteiger partial charge in [0.15, 0.2) is 0 Å². The number of hydrogen-bond donors (Lipinski definition) is 2. The van der Waals surface area contributed by atoms with E-state index in [1.165, 1.54) is 11.3 Å². The molecule has 0 bridgehead atoms. The van der Waals surface area contributed by atoms with E-state index in [0.717, 1.165) is 16.8 Å². The highest BCUT2D eigenvalue weighted by Gasteiger charge is 2.09. The van der Waals surface area contributed by atoms with E-state index < -0.39 is 0 Å². The highest BCUT2D eigenvalue weighted by Crippen LogP contribution is 2.21. The number of carbonyl (C=O) groups is 1. The topological polar surface area (TPSA) is 55.1 Å². The quantitative estimate of drug-likeness (QED) is 0.855. The Kier molecular flexibility index (Phi) is 3.15. The van der Waals surface area contributed by atoms with E-state index in [-0.39, 0.29) is 5.91 Å². The molecule has 0 aliphatic carbocycles. The van der Waals surface area contributed by atoms with Crippen molar-refractivity contribution in [2.45, 2.75) is 13.8 Å². The molecule has 88 valence electrons. The van der Waals surface area contributed by atoms with E-state index in [1.807, 2.05) is 32.0 Å². The van der Waals surface area contributed by atoms with Crippen molar-refractivity contribution in [3.05, 3.63) is 46.3 Å². The van der Waals surface area contributed by atoms with Gasteiger partial charge in [-0.05, 0) is 43.2 Å². The lowest BCUT2D eigenvalue weighted by Crippen LogP contribution is -2.11. The lowest BCUT2D eigenvalue weighted by Gasteiger charge is -2.08. The minimum Gasteiger partial charge on any atom is -0.391 e. The van der Waals surface area contributed by atoms with Crippen molar-refractivity contribution in [3.8, 4) is 0 Å². The number of carbonyl (C=O) groups excluding carboxylic acids is 1. The van der Waals surface area contributed by atoms with Crippen LogP contribution in [0.2, 0.25) is 0 Å². The van der Waals surface area contributed by atoms with Gasteiger partial charge in [-0.2, -0.15) is 0 Å². The molecule has 0 fully saturated rings. The molecule has 3 N–H and O–H groups in total. The van der Waals surface area contributed by atoms with Gasteiger partial charge in [-0.25, -0.2) is 0 Å². The van der Waals surface area contributed by atoms with Crippen LogP contribution in [0.4, 0.5) is 10.7 Å². The van der Waals surface area contributed by atoms with Gasteiger partial charge < -0.3 is 11.1 Å². The van der Waals surface area contributed by atoms with E-state index in [9.17, 15) is 4.79 Å². The fraction of sp³-hybridized carbons (Fsp3) is 0.154. The summed E-state index contributed by atoms with van der Waals surface area (Å²) in [5.41, 5.74) is 8.62. The molecule has 0 saturated heterocycles. The lowest BCUT2D eigenvalue weighted by atomic mass is 10.1. The van der Waals surface area contributed by atoms with Crippen LogP contribution in [0, 0.1) is 13.8 Å². The summed E-state index contributed by atoms with van der Waals surface area (Å²) in [6.45, 7) is 3.97. The number of nitrogens with one attached hydrogen (secondary N) is 1. The van der Waals surface area contributed by atoms with Crippen LogP contribution in [-0.4, -0.2) is 5.91 Å². The third-order valence-electron chi connectivity index (χ3n) is 2.49. The Balaban J connectivity index is 2.21. The van der Waals surface area contributed by atoms with E-state index >= 15 is 0 Å². The third-order valence-corrected chi connectivity index (χ3v) is 3.41. The molecule has 2 aromatic rings. The first-order valence-electron chi connectivity index (χ1n) is 5.30. The number of anilines is 2. The van der Waals surface area contributed by atoms with Gasteiger partial charge in [-0.15, -0.1) is 11.3 Å². The van der Waals surface area contributed by atoms with Crippen LogP contribution in [0.15, 0.2) is 30.3 Å². The zero-order valence-electron chi connectivity index (χ0n) is 9.78. The Morgan fingerprint density at radius 1 is 1.24 bits per heavy atom. The zero-order chi connectivity index (χ0) is 12.4. The molecule has 17 heavy (non-hydrogen) atoms. The van der Waals surface area contributed by atoms with Gasteiger partial charge in [0.1, 0.15) is 0 Å². The molecular weight excluding hydrogens is 232 g/mol. The highest BCUT2D eigenvalue weighted by molar-refractivity contribution is 7.17. The molecule has 0 radical (unpaired) electrons. The molecule has 0 aliphatic heterocycles. The van der Waals surface area contributed by atoms with Gasteiger partial charge in [-0.1, -0.05) is 12.1 Å². The Morgan fingerprint density at radius 3 is 2.65 bits per heavy atom. The van der Waals surface area contributed by atoms with Crippen molar-refractivity contribution in [1.82, 2.24) is 0 Å². The van der Waals surface area contributed by atoms with Gasteiger partial charge in [0.05, 0.1) is 9.88 Å². The Morgan fingerprint density at radius 2 is 2.00 bits per heavy atom. The smallest absolute Gasteiger partial charge is 0.265 e. The molecule has 3 nitrogen and oxygen atoms in total. The average Bonchev–Trinajstić information content (AvgIpc) is 2.70. The van der Waals surface area contributed by atoms with Gasteiger partial charge in [0, 0.05) is 5.69 Å². The number of nitrogens with two attached hydrogens (primary N) is 1. The number of thiophene rings is 1. The highest BCUT2D eigenvalue weighted by atomic mass is 32.1. The van der Waals surface area contributed by atoms with Crippen LogP contribution in [0.1, 0.15) is 20.8 Å². The van der Waals surface area contributed by atoms with E-state index in [1.54, 1.807) is 12.1 Å². The third kappa shape index (κ3) is 2.65. The van der Waals surface area contributed by atoms with E-state index in [0.29, 0.717) is 9.88 Å². The fourth-order valence-electron chi connectivity index (χ4n) is 1.53. The minimum absolute atomic E-state index is 0.111. The van der Waals surface area contributed by atoms with Crippen molar-refractivity contribution in [2.24, 2.45) is 0 Å². The standard InChI is InChI=1S/C13H14N2OS/c1-8-3-4-9(2)10(7-8)15-13(16)11-5-6-12(14)17-11/h3-7H,14H2,1-2H3,(H,15,16). The molecule has 0 unspecified atom stereocenters. The number of nitrogen functional groups attached to an aromatic ring is 1. The Labute approximate surface area is 104 Å². The SMILES string of the molecule is Cc1ccc(C)c(NC(=O)c2ccc(N)s2)c1. The summed E-state index contributed by atoms with van der Waals surface area (Å²) < 4.78 is 0. The van der Waals surface area contributed by atoms with Gasteiger partial charge in [-0.3, -0.25) is 4.79 Å². The van der Waals surface area contributed by atoms with Crippen LogP contribution in [0.3, 0.4) is 0 Å². The maximum Gasteiger partial charge on any atom is 0.265 e. The van der Waals surface area contributed by atoms with Gasteiger partial charge in [0.25, 0.3) is 5.91 Å². The van der Waals surface area contributed by atoms with Crippen molar-refractivity contribution in [2.75, 3.05) is 11.1 Å². The van der Waals surface area contributed by atoms with Crippen LogP contribution >= 0.6 is 11.3 Å². The Hall–Kier alpha value is -1.81. The molecule has 1 aromatic heterocycles. The monoisotopic (exact) mass is 246 g/mol. The second-order valence-electron chi connectivity index (χ2n) is 3.97. The summed E-state index contributed by atoms with van der Waals surface area (Å²) in [6, 6.07) is 9.45. The van der Waals surface area contributed by atoms with Crippen molar-refractivity contribution >= 4 is 27.9 Å². The van der Waals surface area contributed by atoms with Crippen LogP contribution < -0.4 is 11.1 Å². The molecular formula is C13H14N2OS. The number of hydrogen-bond acceptors (Lipinski definition) is 3. The first kappa shape index (κ1) is 11.7. The molecule has 2 rings (SSSR count). The summed E-state index contributed by atoms with van der Waals surface area (Å²) in [5.74, 6) is -0.111. The van der Waals surface area contributed by atoms with Gasteiger partial charge in [0.2, 0.25) is 0 Å². The molecule has 0 aliphatic rings. The van der Waals surface area contributed by atoms with Crippen LogP contribution in [0.5, 0.6) is 0 Å². The van der Waals surface area contributed by atoms with E-state index in [4.69, 9.17) is 5.73 Å². The molecule has 0 atom stereocenters. The fourth-order valence-corrected chi connectivity index (χ4v) is 2.20.